The molecule has 1 aliphatic rings. The van der Waals surface area contributed by atoms with E-state index in [0.717, 1.165) is 25.7 Å². The lowest BCUT2D eigenvalue weighted by atomic mass is 9.93. The normalized spacial score (nSPS) is 24.1. The fraction of sp³-hybridized carbons (Fsp3) is 0.500. The maximum Gasteiger partial charge on any atom is 0.238 e. The van der Waals surface area contributed by atoms with Gasteiger partial charge in [0.1, 0.15) is 0 Å². The number of hydrogen-bond donors (Lipinski definition) is 4. The molecule has 6 nitrogen and oxygen atoms in total. The van der Waals surface area contributed by atoms with Crippen LogP contribution in [0.4, 0.5) is 11.4 Å². The van der Waals surface area contributed by atoms with Crippen molar-refractivity contribution in [2.24, 2.45) is 5.14 Å². The van der Waals surface area contributed by atoms with E-state index in [2.05, 4.69) is 5.32 Å². The molecule has 0 unspecified atom stereocenters. The molecule has 0 amide bonds. The molecule has 7 heteroatoms. The van der Waals surface area contributed by atoms with Gasteiger partial charge in [0, 0.05) is 17.4 Å². The van der Waals surface area contributed by atoms with E-state index in [-0.39, 0.29) is 17.0 Å². The molecule has 19 heavy (non-hydrogen) atoms. The predicted octanol–water partition coefficient (Wildman–Crippen LogP) is 0.632. The van der Waals surface area contributed by atoms with Crippen LogP contribution in [0.15, 0.2) is 23.1 Å². The lowest BCUT2D eigenvalue weighted by Gasteiger charge is -2.27. The van der Waals surface area contributed by atoms with Crippen molar-refractivity contribution in [3.63, 3.8) is 0 Å². The second-order valence-corrected chi connectivity index (χ2v) is 6.55. The van der Waals surface area contributed by atoms with Crippen molar-refractivity contribution in [3.8, 4) is 0 Å². The number of aliphatic hydroxyl groups excluding tert-OH is 1. The number of primary sulfonamides is 1. The van der Waals surface area contributed by atoms with E-state index < -0.39 is 10.0 Å². The number of benzene rings is 1. The highest BCUT2D eigenvalue weighted by atomic mass is 32.2. The van der Waals surface area contributed by atoms with E-state index in [1.54, 1.807) is 6.07 Å². The molecule has 2 rings (SSSR count). The van der Waals surface area contributed by atoms with E-state index in [0.29, 0.717) is 11.4 Å². The third-order valence-corrected chi connectivity index (χ3v) is 4.22. The molecule has 0 aromatic heterocycles. The second kappa shape index (κ2) is 5.36. The van der Waals surface area contributed by atoms with Crippen LogP contribution in [0.25, 0.3) is 0 Å². The van der Waals surface area contributed by atoms with Crippen LogP contribution >= 0.6 is 0 Å². The maximum atomic E-state index is 11.3. The largest absolute Gasteiger partial charge is 0.399 e. The van der Waals surface area contributed by atoms with Crippen molar-refractivity contribution in [3.05, 3.63) is 18.2 Å². The summed E-state index contributed by atoms with van der Waals surface area (Å²) < 4.78 is 22.7. The zero-order valence-corrected chi connectivity index (χ0v) is 11.4. The molecule has 1 saturated carbocycles. The Morgan fingerprint density at radius 1 is 1.16 bits per heavy atom. The van der Waals surface area contributed by atoms with Crippen LogP contribution in [0.3, 0.4) is 0 Å². The molecule has 0 spiro atoms. The number of rotatable bonds is 3. The number of aliphatic hydroxyl groups is 1. The topological polar surface area (TPSA) is 118 Å². The minimum Gasteiger partial charge on any atom is -0.399 e. The minimum atomic E-state index is -3.76. The fourth-order valence-electron chi connectivity index (χ4n) is 2.33. The van der Waals surface area contributed by atoms with Gasteiger partial charge in [-0.1, -0.05) is 0 Å². The van der Waals surface area contributed by atoms with Crippen molar-refractivity contribution in [2.75, 3.05) is 11.1 Å². The number of anilines is 2. The SMILES string of the molecule is Nc1cc(NC2CCC(O)CC2)cc(S(N)(=O)=O)c1. The predicted molar refractivity (Wildman–Crippen MR) is 74.1 cm³/mol. The highest BCUT2D eigenvalue weighted by Gasteiger charge is 2.19. The molecule has 0 atom stereocenters. The van der Waals surface area contributed by atoms with Crippen LogP contribution < -0.4 is 16.2 Å². The molecule has 106 valence electrons. The summed E-state index contributed by atoms with van der Waals surface area (Å²) in [7, 11) is -3.76. The zero-order valence-electron chi connectivity index (χ0n) is 10.5. The molecule has 0 heterocycles. The monoisotopic (exact) mass is 285 g/mol. The highest BCUT2D eigenvalue weighted by Crippen LogP contribution is 2.25. The van der Waals surface area contributed by atoms with Gasteiger partial charge in [-0.05, 0) is 43.9 Å². The van der Waals surface area contributed by atoms with E-state index >= 15 is 0 Å². The quantitative estimate of drug-likeness (QED) is 0.607. The Morgan fingerprint density at radius 3 is 2.37 bits per heavy atom. The van der Waals surface area contributed by atoms with Crippen LogP contribution in [0.5, 0.6) is 0 Å². The Labute approximate surface area is 112 Å². The van der Waals surface area contributed by atoms with Gasteiger partial charge < -0.3 is 16.2 Å². The first-order chi connectivity index (χ1) is 8.84. The van der Waals surface area contributed by atoms with Crippen molar-refractivity contribution in [2.45, 2.75) is 42.7 Å². The minimum absolute atomic E-state index is 0.00541. The lowest BCUT2D eigenvalue weighted by Crippen LogP contribution is -2.28. The average Bonchev–Trinajstić information content (AvgIpc) is 2.30. The molecule has 1 aromatic carbocycles. The van der Waals surface area contributed by atoms with Gasteiger partial charge in [-0.15, -0.1) is 0 Å². The molecule has 0 radical (unpaired) electrons. The Hall–Kier alpha value is -1.31. The molecule has 1 aromatic rings. The van der Waals surface area contributed by atoms with Crippen LogP contribution in [-0.4, -0.2) is 25.7 Å². The van der Waals surface area contributed by atoms with Gasteiger partial charge in [0.15, 0.2) is 0 Å². The van der Waals surface area contributed by atoms with Crippen molar-refractivity contribution < 1.29 is 13.5 Å². The highest BCUT2D eigenvalue weighted by molar-refractivity contribution is 7.89. The van der Waals surface area contributed by atoms with Crippen molar-refractivity contribution in [1.82, 2.24) is 0 Å². The van der Waals surface area contributed by atoms with Crippen molar-refractivity contribution >= 4 is 21.4 Å². The fourth-order valence-corrected chi connectivity index (χ4v) is 2.92. The number of nitrogens with one attached hydrogen (secondary N) is 1. The molecule has 1 fully saturated rings. The smallest absolute Gasteiger partial charge is 0.238 e. The second-order valence-electron chi connectivity index (χ2n) is 4.99. The Morgan fingerprint density at radius 2 is 1.79 bits per heavy atom. The standard InChI is InChI=1S/C12H19N3O3S/c13-8-5-10(7-12(6-8)19(14,17)18)15-9-1-3-11(16)4-2-9/h5-7,9,11,15-16H,1-4,13H2,(H2,14,17,18). The van der Waals surface area contributed by atoms with Gasteiger partial charge in [0.05, 0.1) is 11.0 Å². The first-order valence-corrected chi connectivity index (χ1v) is 7.77. The van der Waals surface area contributed by atoms with Crippen molar-refractivity contribution in [1.29, 1.82) is 0 Å². The van der Waals surface area contributed by atoms with Gasteiger partial charge in [-0.25, -0.2) is 13.6 Å². The van der Waals surface area contributed by atoms with Gasteiger partial charge in [0.2, 0.25) is 10.0 Å². The van der Waals surface area contributed by atoms with Gasteiger partial charge >= 0.3 is 0 Å². The number of nitrogen functional groups attached to an aromatic ring is 1. The Kier molecular flexibility index (Phi) is 3.98. The lowest BCUT2D eigenvalue weighted by molar-refractivity contribution is 0.126. The third-order valence-electron chi connectivity index (χ3n) is 3.32. The molecule has 6 N–H and O–H groups in total. The summed E-state index contributed by atoms with van der Waals surface area (Å²) in [5.74, 6) is 0. The summed E-state index contributed by atoms with van der Waals surface area (Å²) in [6.45, 7) is 0. The average molecular weight is 285 g/mol. The Bertz CT molecular complexity index is 551. The summed E-state index contributed by atoms with van der Waals surface area (Å²) in [6.07, 6.45) is 2.98. The van der Waals surface area contributed by atoms with Crippen LogP contribution in [0.1, 0.15) is 25.7 Å². The molecular weight excluding hydrogens is 266 g/mol. The number of sulfonamides is 1. The summed E-state index contributed by atoms with van der Waals surface area (Å²) in [5.41, 5.74) is 6.68. The first-order valence-electron chi connectivity index (χ1n) is 6.22. The van der Waals surface area contributed by atoms with Crippen LogP contribution in [0.2, 0.25) is 0 Å². The number of hydrogen-bond acceptors (Lipinski definition) is 5. The summed E-state index contributed by atoms with van der Waals surface area (Å²) in [6, 6.07) is 4.72. The summed E-state index contributed by atoms with van der Waals surface area (Å²) >= 11 is 0. The van der Waals surface area contributed by atoms with Gasteiger partial charge in [-0.3, -0.25) is 0 Å². The van der Waals surface area contributed by atoms with E-state index in [1.165, 1.54) is 12.1 Å². The first kappa shape index (κ1) is 14.1. The molecular formula is C12H19N3O3S. The van der Waals surface area contributed by atoms with E-state index in [4.69, 9.17) is 10.9 Å². The van der Waals surface area contributed by atoms with E-state index in [1.807, 2.05) is 0 Å². The molecule has 0 saturated heterocycles. The molecule has 1 aliphatic carbocycles. The van der Waals surface area contributed by atoms with Gasteiger partial charge in [-0.2, -0.15) is 0 Å². The Balaban J connectivity index is 2.14. The number of nitrogens with two attached hydrogens (primary N) is 2. The summed E-state index contributed by atoms with van der Waals surface area (Å²) in [4.78, 5) is 0.00541. The zero-order chi connectivity index (χ0) is 14.0. The van der Waals surface area contributed by atoms with E-state index in [9.17, 15) is 13.5 Å². The molecule has 0 bridgehead atoms. The van der Waals surface area contributed by atoms with Crippen LogP contribution in [0, 0.1) is 0 Å². The van der Waals surface area contributed by atoms with Gasteiger partial charge in [0.25, 0.3) is 0 Å². The molecule has 0 aliphatic heterocycles. The van der Waals surface area contributed by atoms with Crippen LogP contribution in [-0.2, 0) is 10.0 Å². The summed E-state index contributed by atoms with van der Waals surface area (Å²) in [5, 5.41) is 17.8. The maximum absolute atomic E-state index is 11.3. The third kappa shape index (κ3) is 3.82.